The number of esters is 1. The molecule has 0 bridgehead atoms. The summed E-state index contributed by atoms with van der Waals surface area (Å²) >= 11 is 1.25. The van der Waals surface area contributed by atoms with Gasteiger partial charge in [-0.3, -0.25) is 14.7 Å². The number of ether oxygens (including phenoxy) is 1. The van der Waals surface area contributed by atoms with Gasteiger partial charge in [0.15, 0.2) is 17.2 Å². The average Bonchev–Trinajstić information content (AvgIpc) is 3.18. The maximum atomic E-state index is 12.6. The van der Waals surface area contributed by atoms with E-state index in [0.717, 1.165) is 12.0 Å². The third kappa shape index (κ3) is 4.15. The Balaban J connectivity index is 1.59. The summed E-state index contributed by atoms with van der Waals surface area (Å²) in [6.07, 6.45) is 1.20. The van der Waals surface area contributed by atoms with Gasteiger partial charge in [0, 0.05) is 12.0 Å². The first kappa shape index (κ1) is 18.6. The maximum Gasteiger partial charge on any atom is 0.310 e. The minimum Gasteiger partial charge on any atom is -0.451 e. The second-order valence-corrected chi connectivity index (χ2v) is 8.17. The molecule has 2 aromatic rings. The first-order valence-electron chi connectivity index (χ1n) is 8.74. The van der Waals surface area contributed by atoms with Crippen LogP contribution >= 0.6 is 11.8 Å². The molecule has 7 heteroatoms. The maximum absolute atomic E-state index is 12.6. The number of aromatic nitrogens is 3. The van der Waals surface area contributed by atoms with Crippen LogP contribution in [0.4, 0.5) is 0 Å². The van der Waals surface area contributed by atoms with E-state index in [1.54, 1.807) is 6.92 Å². The summed E-state index contributed by atoms with van der Waals surface area (Å²) < 4.78 is 5.44. The van der Waals surface area contributed by atoms with Gasteiger partial charge in [0.1, 0.15) is 0 Å². The van der Waals surface area contributed by atoms with E-state index in [1.807, 2.05) is 30.3 Å². The van der Waals surface area contributed by atoms with Crippen molar-refractivity contribution in [1.29, 1.82) is 0 Å². The molecule has 6 nitrogen and oxygen atoms in total. The summed E-state index contributed by atoms with van der Waals surface area (Å²) in [6, 6.07) is 9.67. The van der Waals surface area contributed by atoms with E-state index in [1.165, 1.54) is 11.8 Å². The lowest BCUT2D eigenvalue weighted by Crippen LogP contribution is -2.36. The topological polar surface area (TPSA) is 84.9 Å². The molecule has 1 aromatic heterocycles. The van der Waals surface area contributed by atoms with Gasteiger partial charge in [-0.1, -0.05) is 55.9 Å². The molecule has 0 amide bonds. The lowest BCUT2D eigenvalue weighted by Gasteiger charge is -2.20. The molecule has 2 atom stereocenters. The number of carbonyl (C=O) groups excluding carboxylic acids is 2. The Morgan fingerprint density at radius 3 is 2.81 bits per heavy atom. The molecule has 0 radical (unpaired) electrons. The van der Waals surface area contributed by atoms with E-state index >= 15 is 0 Å². The van der Waals surface area contributed by atoms with Crippen LogP contribution < -0.4 is 0 Å². The van der Waals surface area contributed by atoms with Gasteiger partial charge in [0.25, 0.3) is 0 Å². The third-order valence-corrected chi connectivity index (χ3v) is 5.33. The van der Waals surface area contributed by atoms with E-state index in [2.05, 4.69) is 29.0 Å². The summed E-state index contributed by atoms with van der Waals surface area (Å²) in [4.78, 5) is 29.1. The second-order valence-electron chi connectivity index (χ2n) is 7.23. The monoisotopic (exact) mass is 373 g/mol. The molecule has 1 fully saturated rings. The highest BCUT2D eigenvalue weighted by molar-refractivity contribution is 7.99. The Kier molecular flexibility index (Phi) is 5.46. The largest absolute Gasteiger partial charge is 0.451 e. The average molecular weight is 373 g/mol. The first-order valence-corrected chi connectivity index (χ1v) is 9.73. The van der Waals surface area contributed by atoms with Crippen LogP contribution in [-0.4, -0.2) is 38.3 Å². The molecule has 0 spiro atoms. The molecule has 26 heavy (non-hydrogen) atoms. The number of nitrogens with zero attached hydrogens (tertiary/aromatic N) is 2. The van der Waals surface area contributed by atoms with Crippen LogP contribution in [0, 0.1) is 11.8 Å². The Morgan fingerprint density at radius 2 is 2.12 bits per heavy atom. The van der Waals surface area contributed by atoms with Crippen LogP contribution in [0.5, 0.6) is 0 Å². The highest BCUT2D eigenvalue weighted by atomic mass is 32.2. The van der Waals surface area contributed by atoms with Gasteiger partial charge < -0.3 is 4.74 Å². The van der Waals surface area contributed by atoms with Crippen LogP contribution in [0.2, 0.25) is 0 Å². The Morgan fingerprint density at radius 1 is 1.38 bits per heavy atom. The number of hydrogen-bond donors (Lipinski definition) is 1. The van der Waals surface area contributed by atoms with Gasteiger partial charge in [-0.05, 0) is 19.3 Å². The van der Waals surface area contributed by atoms with Crippen molar-refractivity contribution in [3.8, 4) is 11.4 Å². The normalized spacial score (nSPS) is 22.6. The van der Waals surface area contributed by atoms with Crippen molar-refractivity contribution in [2.45, 2.75) is 44.4 Å². The Bertz CT molecular complexity index is 790. The summed E-state index contributed by atoms with van der Waals surface area (Å²) in [5.41, 5.74) is -0.103. The molecule has 0 unspecified atom stereocenters. The third-order valence-electron chi connectivity index (χ3n) is 4.49. The predicted octanol–water partition coefficient (Wildman–Crippen LogP) is 3.50. The van der Waals surface area contributed by atoms with Crippen molar-refractivity contribution in [2.75, 3.05) is 5.75 Å². The fourth-order valence-corrected chi connectivity index (χ4v) is 3.97. The number of ketones is 1. The number of rotatable bonds is 7. The molecular formula is C19H23N3O3S. The number of H-pyrrole nitrogens is 1. The van der Waals surface area contributed by atoms with Gasteiger partial charge >= 0.3 is 5.97 Å². The number of hydrogen-bond acceptors (Lipinski definition) is 6. The van der Waals surface area contributed by atoms with Gasteiger partial charge in [-0.2, -0.15) is 0 Å². The Labute approximate surface area is 157 Å². The molecule has 0 aliphatic carbocycles. The van der Waals surface area contributed by atoms with Crippen molar-refractivity contribution >= 4 is 23.5 Å². The zero-order chi connectivity index (χ0) is 18.7. The number of nitrogens with one attached hydrogen (secondary N) is 1. The summed E-state index contributed by atoms with van der Waals surface area (Å²) in [7, 11) is 0. The number of benzene rings is 1. The van der Waals surface area contributed by atoms with Crippen molar-refractivity contribution in [1.82, 2.24) is 15.2 Å². The molecule has 1 aliphatic rings. The quantitative estimate of drug-likeness (QED) is 0.591. The summed E-state index contributed by atoms with van der Waals surface area (Å²) in [6.45, 7) is 5.84. The number of carbonyl (C=O) groups is 2. The zero-order valence-electron chi connectivity index (χ0n) is 15.2. The number of thioether (sulfide) groups is 1. The molecule has 1 N–H and O–H groups in total. The number of cyclic esters (lactones) is 1. The van der Waals surface area contributed by atoms with E-state index in [9.17, 15) is 9.59 Å². The fourth-order valence-electron chi connectivity index (χ4n) is 3.14. The molecule has 1 aliphatic heterocycles. The molecular weight excluding hydrogens is 350 g/mol. The van der Waals surface area contributed by atoms with Crippen LogP contribution in [-0.2, 0) is 14.3 Å². The zero-order valence-corrected chi connectivity index (χ0v) is 16.0. The highest BCUT2D eigenvalue weighted by Gasteiger charge is 2.48. The molecule has 2 heterocycles. The van der Waals surface area contributed by atoms with Gasteiger partial charge in [0.05, 0.1) is 11.7 Å². The molecule has 138 valence electrons. The van der Waals surface area contributed by atoms with Crippen molar-refractivity contribution in [2.24, 2.45) is 11.8 Å². The SMILES string of the molecule is CC(C)C[C@@H]1C[C@](C)(C(=O)CSc2n[nH]c(-c3ccccc3)n2)OC1=O. The van der Waals surface area contributed by atoms with Crippen LogP contribution in [0.15, 0.2) is 35.5 Å². The predicted molar refractivity (Wildman–Crippen MR) is 99.6 cm³/mol. The molecule has 1 saturated heterocycles. The van der Waals surface area contributed by atoms with Gasteiger partial charge in [-0.25, -0.2) is 4.98 Å². The second kappa shape index (κ2) is 7.61. The first-order chi connectivity index (χ1) is 12.4. The van der Waals surface area contributed by atoms with Crippen LogP contribution in [0.1, 0.15) is 33.6 Å². The van der Waals surface area contributed by atoms with Crippen molar-refractivity contribution in [3.05, 3.63) is 30.3 Å². The lowest BCUT2D eigenvalue weighted by atomic mass is 9.88. The number of Topliss-reactive ketones (excluding diaryl/α,β-unsaturated/α-hetero) is 1. The van der Waals surface area contributed by atoms with Gasteiger partial charge in [-0.15, -0.1) is 5.10 Å². The Hall–Kier alpha value is -2.15. The fraction of sp³-hybridized carbons (Fsp3) is 0.474. The smallest absolute Gasteiger partial charge is 0.310 e. The molecule has 1 aromatic carbocycles. The van der Waals surface area contributed by atoms with Crippen LogP contribution in [0.3, 0.4) is 0 Å². The van der Waals surface area contributed by atoms with E-state index in [0.29, 0.717) is 23.3 Å². The van der Waals surface area contributed by atoms with Gasteiger partial charge in [0.2, 0.25) is 5.16 Å². The number of aromatic amines is 1. The van der Waals surface area contributed by atoms with E-state index in [4.69, 9.17) is 4.74 Å². The molecule has 0 saturated carbocycles. The lowest BCUT2D eigenvalue weighted by molar-refractivity contribution is -0.156. The van der Waals surface area contributed by atoms with Crippen molar-refractivity contribution < 1.29 is 14.3 Å². The highest BCUT2D eigenvalue weighted by Crippen LogP contribution is 2.36. The van der Waals surface area contributed by atoms with E-state index in [-0.39, 0.29) is 23.4 Å². The minimum absolute atomic E-state index is 0.104. The van der Waals surface area contributed by atoms with Crippen molar-refractivity contribution in [3.63, 3.8) is 0 Å². The summed E-state index contributed by atoms with van der Waals surface area (Å²) in [5, 5.41) is 7.54. The standard InChI is InChI=1S/C19H23N3O3S/c1-12(2)9-14-10-19(3,25-17(14)24)15(23)11-26-18-20-16(21-22-18)13-7-5-4-6-8-13/h4-8,12,14H,9-11H2,1-3H3,(H,20,21,22)/t14-,19-/m1/s1. The summed E-state index contributed by atoms with van der Waals surface area (Å²) in [5.74, 6) is 0.670. The van der Waals surface area contributed by atoms with E-state index < -0.39 is 5.60 Å². The minimum atomic E-state index is -1.04. The van der Waals surface area contributed by atoms with Crippen LogP contribution in [0.25, 0.3) is 11.4 Å². The molecule has 3 rings (SSSR count).